The Morgan fingerprint density at radius 2 is 1.86 bits per heavy atom. The SMILES string of the molecule is CCC1CCC(C(=O)Nc2ccc(OCCN)cc2)CC1.Cl. The number of halogens is 1. The molecule has 22 heavy (non-hydrogen) atoms. The number of rotatable bonds is 6. The van der Waals surface area contributed by atoms with Gasteiger partial charge in [-0.1, -0.05) is 13.3 Å². The van der Waals surface area contributed by atoms with Crippen molar-refractivity contribution in [2.24, 2.45) is 17.6 Å². The van der Waals surface area contributed by atoms with Gasteiger partial charge in [0.25, 0.3) is 0 Å². The Labute approximate surface area is 139 Å². The highest BCUT2D eigenvalue weighted by atomic mass is 35.5. The van der Waals surface area contributed by atoms with Crippen LogP contribution in [-0.2, 0) is 4.79 Å². The minimum absolute atomic E-state index is 0. The molecule has 0 spiro atoms. The zero-order chi connectivity index (χ0) is 15.1. The minimum Gasteiger partial charge on any atom is -0.492 e. The normalized spacial score (nSPS) is 20.8. The van der Waals surface area contributed by atoms with Crippen LogP contribution in [0.5, 0.6) is 5.75 Å². The fourth-order valence-electron chi connectivity index (χ4n) is 2.89. The molecule has 2 rings (SSSR count). The zero-order valence-corrected chi connectivity index (χ0v) is 14.0. The fourth-order valence-corrected chi connectivity index (χ4v) is 2.89. The molecule has 4 nitrogen and oxygen atoms in total. The van der Waals surface area contributed by atoms with E-state index >= 15 is 0 Å². The molecule has 0 radical (unpaired) electrons. The monoisotopic (exact) mass is 326 g/mol. The summed E-state index contributed by atoms with van der Waals surface area (Å²) in [6.45, 7) is 3.24. The van der Waals surface area contributed by atoms with E-state index in [9.17, 15) is 4.79 Å². The van der Waals surface area contributed by atoms with Gasteiger partial charge >= 0.3 is 0 Å². The number of amides is 1. The molecule has 1 aromatic rings. The average molecular weight is 327 g/mol. The lowest BCUT2D eigenvalue weighted by Crippen LogP contribution is -2.27. The molecule has 124 valence electrons. The van der Waals surface area contributed by atoms with E-state index in [0.717, 1.165) is 30.2 Å². The Balaban J connectivity index is 0.00000242. The summed E-state index contributed by atoms with van der Waals surface area (Å²) in [5, 5.41) is 3.01. The summed E-state index contributed by atoms with van der Waals surface area (Å²) in [6.07, 6.45) is 5.63. The van der Waals surface area contributed by atoms with Crippen molar-refractivity contribution in [2.45, 2.75) is 39.0 Å². The fraction of sp³-hybridized carbons (Fsp3) is 0.588. The molecule has 1 aromatic carbocycles. The molecule has 1 amide bonds. The maximum atomic E-state index is 12.3. The summed E-state index contributed by atoms with van der Waals surface area (Å²) >= 11 is 0. The van der Waals surface area contributed by atoms with Crippen molar-refractivity contribution in [3.63, 3.8) is 0 Å². The van der Waals surface area contributed by atoms with Gasteiger partial charge in [0.15, 0.2) is 0 Å². The maximum Gasteiger partial charge on any atom is 0.227 e. The average Bonchev–Trinajstić information content (AvgIpc) is 2.54. The van der Waals surface area contributed by atoms with Crippen LogP contribution in [0.4, 0.5) is 5.69 Å². The van der Waals surface area contributed by atoms with Crippen LogP contribution in [0.15, 0.2) is 24.3 Å². The predicted octanol–water partition coefficient (Wildman–Crippen LogP) is 3.60. The molecular formula is C17H27ClN2O2. The molecule has 0 aromatic heterocycles. The Morgan fingerprint density at radius 1 is 1.23 bits per heavy atom. The molecule has 3 N–H and O–H groups in total. The maximum absolute atomic E-state index is 12.3. The highest BCUT2D eigenvalue weighted by molar-refractivity contribution is 5.92. The number of anilines is 1. The van der Waals surface area contributed by atoms with E-state index in [1.807, 2.05) is 24.3 Å². The molecule has 1 aliphatic rings. The second kappa shape index (κ2) is 9.70. The largest absolute Gasteiger partial charge is 0.492 e. The predicted molar refractivity (Wildman–Crippen MR) is 92.6 cm³/mol. The molecule has 1 saturated carbocycles. The third-order valence-electron chi connectivity index (χ3n) is 4.30. The summed E-state index contributed by atoms with van der Waals surface area (Å²) in [7, 11) is 0. The second-order valence-electron chi connectivity index (χ2n) is 5.78. The second-order valence-corrected chi connectivity index (χ2v) is 5.78. The van der Waals surface area contributed by atoms with Gasteiger partial charge in [-0.3, -0.25) is 4.79 Å². The standard InChI is InChI=1S/C17H26N2O2.ClH/c1-2-13-3-5-14(6-4-13)17(20)19-15-7-9-16(10-8-15)21-12-11-18;/h7-10,13-14H,2-6,11-12,18H2,1H3,(H,19,20);1H. The summed E-state index contributed by atoms with van der Waals surface area (Å²) in [6, 6.07) is 7.47. The number of benzene rings is 1. The highest BCUT2D eigenvalue weighted by Gasteiger charge is 2.25. The molecule has 0 heterocycles. The molecule has 0 atom stereocenters. The summed E-state index contributed by atoms with van der Waals surface area (Å²) in [5.41, 5.74) is 6.22. The van der Waals surface area contributed by atoms with Crippen molar-refractivity contribution in [2.75, 3.05) is 18.5 Å². The smallest absolute Gasteiger partial charge is 0.227 e. The van der Waals surface area contributed by atoms with Crippen LogP contribution >= 0.6 is 12.4 Å². The molecular weight excluding hydrogens is 300 g/mol. The molecule has 0 bridgehead atoms. The van der Waals surface area contributed by atoms with Crippen LogP contribution in [0.3, 0.4) is 0 Å². The minimum atomic E-state index is 0. The van der Waals surface area contributed by atoms with Gasteiger partial charge in [-0.2, -0.15) is 0 Å². The molecule has 0 saturated heterocycles. The van der Waals surface area contributed by atoms with Crippen LogP contribution in [0.1, 0.15) is 39.0 Å². The van der Waals surface area contributed by atoms with E-state index in [1.54, 1.807) is 0 Å². The van der Waals surface area contributed by atoms with Gasteiger partial charge < -0.3 is 15.8 Å². The van der Waals surface area contributed by atoms with E-state index in [4.69, 9.17) is 10.5 Å². The van der Waals surface area contributed by atoms with Crippen LogP contribution < -0.4 is 15.8 Å². The number of carbonyl (C=O) groups is 1. The number of nitrogens with one attached hydrogen (secondary N) is 1. The van der Waals surface area contributed by atoms with Crippen LogP contribution in [0.2, 0.25) is 0 Å². The Morgan fingerprint density at radius 3 is 2.41 bits per heavy atom. The van der Waals surface area contributed by atoms with E-state index in [-0.39, 0.29) is 24.2 Å². The van der Waals surface area contributed by atoms with E-state index in [2.05, 4.69) is 12.2 Å². The molecule has 0 unspecified atom stereocenters. The van der Waals surface area contributed by atoms with Crippen molar-refractivity contribution in [1.82, 2.24) is 0 Å². The van der Waals surface area contributed by atoms with Gasteiger partial charge in [-0.25, -0.2) is 0 Å². The van der Waals surface area contributed by atoms with Crippen molar-refractivity contribution in [3.8, 4) is 5.75 Å². The lowest BCUT2D eigenvalue weighted by atomic mass is 9.80. The van der Waals surface area contributed by atoms with Gasteiger partial charge in [0, 0.05) is 18.2 Å². The first-order valence-electron chi connectivity index (χ1n) is 7.96. The molecule has 5 heteroatoms. The van der Waals surface area contributed by atoms with Gasteiger partial charge in [-0.15, -0.1) is 12.4 Å². The zero-order valence-electron chi connectivity index (χ0n) is 13.2. The van der Waals surface area contributed by atoms with E-state index < -0.39 is 0 Å². The molecule has 1 fully saturated rings. The third kappa shape index (κ3) is 5.50. The number of carbonyl (C=O) groups excluding carboxylic acids is 1. The number of hydrogen-bond acceptors (Lipinski definition) is 3. The third-order valence-corrected chi connectivity index (χ3v) is 4.30. The molecule has 1 aliphatic carbocycles. The van der Waals surface area contributed by atoms with Crippen LogP contribution in [0, 0.1) is 11.8 Å². The van der Waals surface area contributed by atoms with Crippen molar-refractivity contribution in [1.29, 1.82) is 0 Å². The quantitative estimate of drug-likeness (QED) is 0.839. The summed E-state index contributed by atoms with van der Waals surface area (Å²) < 4.78 is 5.42. The Bertz CT molecular complexity index is 442. The Hall–Kier alpha value is -1.26. The number of nitrogens with two attached hydrogens (primary N) is 1. The van der Waals surface area contributed by atoms with Crippen molar-refractivity contribution in [3.05, 3.63) is 24.3 Å². The van der Waals surface area contributed by atoms with Crippen LogP contribution in [0.25, 0.3) is 0 Å². The van der Waals surface area contributed by atoms with Gasteiger partial charge in [0.05, 0.1) is 0 Å². The summed E-state index contributed by atoms with van der Waals surface area (Å²) in [4.78, 5) is 12.3. The highest BCUT2D eigenvalue weighted by Crippen LogP contribution is 2.31. The van der Waals surface area contributed by atoms with E-state index in [1.165, 1.54) is 19.3 Å². The van der Waals surface area contributed by atoms with Gasteiger partial charge in [0.2, 0.25) is 5.91 Å². The topological polar surface area (TPSA) is 64.3 Å². The van der Waals surface area contributed by atoms with Gasteiger partial charge in [-0.05, 0) is 55.9 Å². The summed E-state index contributed by atoms with van der Waals surface area (Å²) in [5.74, 6) is 1.91. The van der Waals surface area contributed by atoms with Gasteiger partial charge in [0.1, 0.15) is 12.4 Å². The van der Waals surface area contributed by atoms with Crippen molar-refractivity contribution < 1.29 is 9.53 Å². The number of ether oxygens (including phenoxy) is 1. The first kappa shape index (κ1) is 18.8. The van der Waals surface area contributed by atoms with Crippen LogP contribution in [-0.4, -0.2) is 19.1 Å². The Kier molecular flexibility index (Phi) is 8.28. The molecule has 0 aliphatic heterocycles. The first-order chi connectivity index (χ1) is 10.2. The lowest BCUT2D eigenvalue weighted by molar-refractivity contribution is -0.121. The van der Waals surface area contributed by atoms with Crippen molar-refractivity contribution >= 4 is 24.0 Å². The number of hydrogen-bond donors (Lipinski definition) is 2. The lowest BCUT2D eigenvalue weighted by Gasteiger charge is -2.26. The van der Waals surface area contributed by atoms with E-state index in [0.29, 0.717) is 13.2 Å². The first-order valence-corrected chi connectivity index (χ1v) is 7.96.